The van der Waals surface area contributed by atoms with Crippen LogP contribution in [0.25, 0.3) is 11.3 Å². The first-order valence-electron chi connectivity index (χ1n) is 12.0. The van der Waals surface area contributed by atoms with Crippen LogP contribution >= 0.6 is 23.2 Å². The lowest BCUT2D eigenvalue weighted by atomic mass is 9.67. The minimum Gasteiger partial charge on any atom is -0.481 e. The summed E-state index contributed by atoms with van der Waals surface area (Å²) in [6.07, 6.45) is 5.59. The number of carbonyl (C=O) groups is 2. The van der Waals surface area contributed by atoms with Gasteiger partial charge in [-0.05, 0) is 55.9 Å². The minimum absolute atomic E-state index is 0.0247. The third-order valence-corrected chi connectivity index (χ3v) is 7.82. The molecule has 5 rings (SSSR count). The van der Waals surface area contributed by atoms with Crippen molar-refractivity contribution in [3.8, 4) is 17.1 Å². The van der Waals surface area contributed by atoms with Gasteiger partial charge >= 0.3 is 0 Å². The molecule has 1 saturated carbocycles. The number of aromatic nitrogens is 3. The fourth-order valence-corrected chi connectivity index (χ4v) is 5.64. The van der Waals surface area contributed by atoms with E-state index in [1.807, 2.05) is 29.2 Å². The van der Waals surface area contributed by atoms with Crippen LogP contribution in [0.1, 0.15) is 48.2 Å². The number of amides is 2. The van der Waals surface area contributed by atoms with Gasteiger partial charge in [0.1, 0.15) is 0 Å². The zero-order chi connectivity index (χ0) is 25.3. The molecule has 3 heterocycles. The smallest absolute Gasteiger partial charge is 0.274 e. The van der Waals surface area contributed by atoms with Gasteiger partial charge < -0.3 is 15.0 Å². The Morgan fingerprint density at radius 3 is 2.81 bits per heavy atom. The third kappa shape index (κ3) is 4.80. The van der Waals surface area contributed by atoms with E-state index in [2.05, 4.69) is 20.5 Å². The molecule has 36 heavy (non-hydrogen) atoms. The number of ether oxygens (including phenoxy) is 1. The highest BCUT2D eigenvalue weighted by molar-refractivity contribution is 6.33. The van der Waals surface area contributed by atoms with Gasteiger partial charge in [0.2, 0.25) is 11.8 Å². The lowest BCUT2D eigenvalue weighted by Crippen LogP contribution is -2.61. The predicted molar refractivity (Wildman–Crippen MR) is 137 cm³/mol. The zero-order valence-electron chi connectivity index (χ0n) is 19.9. The first-order valence-corrected chi connectivity index (χ1v) is 12.7. The van der Waals surface area contributed by atoms with Crippen molar-refractivity contribution in [2.24, 2.45) is 5.92 Å². The number of nitrogens with one attached hydrogen (secondary N) is 2. The van der Waals surface area contributed by atoms with Crippen molar-refractivity contribution in [2.75, 3.05) is 13.7 Å². The molecule has 0 radical (unpaired) electrons. The molecule has 188 valence electrons. The molecule has 1 aliphatic heterocycles. The summed E-state index contributed by atoms with van der Waals surface area (Å²) in [5.41, 5.74) is 2.25. The molecule has 0 bridgehead atoms. The molecular weight excluding hydrogens is 501 g/mol. The lowest BCUT2D eigenvalue weighted by molar-refractivity contribution is -0.130. The highest BCUT2D eigenvalue weighted by Gasteiger charge is 2.50. The maximum Gasteiger partial charge on any atom is 0.274 e. The highest BCUT2D eigenvalue weighted by Crippen LogP contribution is 2.47. The van der Waals surface area contributed by atoms with Gasteiger partial charge in [-0.15, -0.1) is 0 Å². The van der Waals surface area contributed by atoms with E-state index in [4.69, 9.17) is 27.9 Å². The molecule has 2 fully saturated rings. The summed E-state index contributed by atoms with van der Waals surface area (Å²) in [6, 6.07) is 10.9. The van der Waals surface area contributed by atoms with Crippen molar-refractivity contribution in [1.82, 2.24) is 25.4 Å². The normalized spacial score (nSPS) is 18.5. The maximum atomic E-state index is 13.5. The number of methoxy groups -OCH3 is 1. The van der Waals surface area contributed by atoms with Crippen LogP contribution in [0.15, 0.2) is 42.6 Å². The summed E-state index contributed by atoms with van der Waals surface area (Å²) in [5, 5.41) is 11.3. The molecule has 2 N–H and O–H groups in total. The number of rotatable bonds is 6. The molecule has 8 nitrogen and oxygen atoms in total. The van der Waals surface area contributed by atoms with Crippen molar-refractivity contribution >= 4 is 35.0 Å². The monoisotopic (exact) mass is 527 g/mol. The molecule has 2 amide bonds. The van der Waals surface area contributed by atoms with Crippen molar-refractivity contribution in [1.29, 1.82) is 0 Å². The van der Waals surface area contributed by atoms with E-state index < -0.39 is 0 Å². The number of likely N-dealkylation sites (tertiary alicyclic amines) is 1. The first-order chi connectivity index (χ1) is 17.4. The van der Waals surface area contributed by atoms with Gasteiger partial charge in [0.15, 0.2) is 5.69 Å². The number of carbonyl (C=O) groups excluding carboxylic acids is 2. The number of hydrogen-bond acceptors (Lipinski definition) is 5. The SMILES string of the molecule is COc1cc(-c2cc(C(=O)N3CC[C@H](C(=O)NCc4cccc(Cl)c4)CC34CCC4)n[nH]2)c(Cl)cn1. The summed E-state index contributed by atoms with van der Waals surface area (Å²) < 4.78 is 5.19. The second-order valence-electron chi connectivity index (χ2n) is 9.45. The molecule has 1 saturated heterocycles. The Morgan fingerprint density at radius 1 is 1.25 bits per heavy atom. The summed E-state index contributed by atoms with van der Waals surface area (Å²) in [4.78, 5) is 32.5. The summed E-state index contributed by atoms with van der Waals surface area (Å²) in [5.74, 6) is 0.177. The number of nitrogens with zero attached hydrogens (tertiary/aromatic N) is 3. The molecule has 1 atom stereocenters. The number of piperidine rings is 1. The van der Waals surface area contributed by atoms with Crippen LogP contribution in [0.3, 0.4) is 0 Å². The van der Waals surface area contributed by atoms with Crippen molar-refractivity contribution < 1.29 is 14.3 Å². The third-order valence-electron chi connectivity index (χ3n) is 7.28. The average molecular weight is 528 g/mol. The van der Waals surface area contributed by atoms with Gasteiger partial charge in [0.05, 0.1) is 24.0 Å². The summed E-state index contributed by atoms with van der Waals surface area (Å²) >= 11 is 12.4. The number of pyridine rings is 1. The largest absolute Gasteiger partial charge is 0.481 e. The highest BCUT2D eigenvalue weighted by atomic mass is 35.5. The van der Waals surface area contributed by atoms with Crippen LogP contribution in [0.5, 0.6) is 5.88 Å². The Labute approximate surface area is 219 Å². The van der Waals surface area contributed by atoms with E-state index in [9.17, 15) is 9.59 Å². The fourth-order valence-electron chi connectivity index (χ4n) is 5.22. The van der Waals surface area contributed by atoms with E-state index in [0.717, 1.165) is 24.8 Å². The van der Waals surface area contributed by atoms with Crippen LogP contribution in [0, 0.1) is 5.92 Å². The Kier molecular flexibility index (Phi) is 6.90. The van der Waals surface area contributed by atoms with Gasteiger partial charge in [-0.2, -0.15) is 5.10 Å². The van der Waals surface area contributed by atoms with E-state index in [1.165, 1.54) is 13.3 Å². The zero-order valence-corrected chi connectivity index (χ0v) is 21.4. The van der Waals surface area contributed by atoms with Gasteiger partial charge in [-0.25, -0.2) is 4.98 Å². The molecular formula is C26H27Cl2N5O3. The van der Waals surface area contributed by atoms with E-state index in [-0.39, 0.29) is 23.3 Å². The minimum atomic E-state index is -0.302. The van der Waals surface area contributed by atoms with Gasteiger partial charge in [0, 0.05) is 41.2 Å². The van der Waals surface area contributed by atoms with Crippen LogP contribution in [-0.2, 0) is 11.3 Å². The predicted octanol–water partition coefficient (Wildman–Crippen LogP) is 4.88. The van der Waals surface area contributed by atoms with Crippen molar-refractivity contribution in [3.63, 3.8) is 0 Å². The van der Waals surface area contributed by atoms with Crippen molar-refractivity contribution in [3.05, 3.63) is 63.9 Å². The second-order valence-corrected chi connectivity index (χ2v) is 10.3. The molecule has 1 aromatic carbocycles. The molecule has 1 aliphatic carbocycles. The number of benzene rings is 1. The number of H-pyrrole nitrogens is 1. The number of aromatic amines is 1. The average Bonchev–Trinajstić information content (AvgIpc) is 3.36. The molecule has 1 spiro atoms. The second kappa shape index (κ2) is 10.1. The Balaban J connectivity index is 1.27. The molecule has 0 unspecified atom stereocenters. The van der Waals surface area contributed by atoms with E-state index >= 15 is 0 Å². The summed E-state index contributed by atoms with van der Waals surface area (Å²) in [6.45, 7) is 0.948. The van der Waals surface area contributed by atoms with Gasteiger partial charge in [-0.3, -0.25) is 14.7 Å². The summed E-state index contributed by atoms with van der Waals surface area (Å²) in [7, 11) is 1.53. The van der Waals surface area contributed by atoms with Crippen LogP contribution < -0.4 is 10.1 Å². The first kappa shape index (κ1) is 24.6. The standard InChI is InChI=1S/C26H27Cl2N5O3/c1-36-23-11-19(20(28)15-29-23)21-12-22(32-31-21)25(35)33-9-6-17(13-26(33)7-3-8-26)24(34)30-14-16-4-2-5-18(27)10-16/h2,4-5,10-12,15,17H,3,6-9,13-14H2,1H3,(H,30,34)(H,31,32)/t17-/m0/s1. The fraction of sp³-hybridized carbons (Fsp3) is 0.385. The van der Waals surface area contributed by atoms with Gasteiger partial charge in [-0.1, -0.05) is 35.3 Å². The quantitative estimate of drug-likeness (QED) is 0.475. The topological polar surface area (TPSA) is 100 Å². The Hall–Kier alpha value is -3.10. The molecule has 10 heteroatoms. The lowest BCUT2D eigenvalue weighted by Gasteiger charge is -2.54. The molecule has 2 aromatic heterocycles. The maximum absolute atomic E-state index is 13.5. The Morgan fingerprint density at radius 2 is 2.08 bits per heavy atom. The van der Waals surface area contributed by atoms with Crippen molar-refractivity contribution in [2.45, 2.75) is 44.2 Å². The number of halogens is 2. The number of hydrogen-bond donors (Lipinski definition) is 2. The van der Waals surface area contributed by atoms with E-state index in [1.54, 1.807) is 12.1 Å². The van der Waals surface area contributed by atoms with Crippen LogP contribution in [0.2, 0.25) is 10.0 Å². The Bertz CT molecular complexity index is 1290. The molecule has 3 aromatic rings. The molecule has 2 aliphatic rings. The van der Waals surface area contributed by atoms with E-state index in [0.29, 0.717) is 58.8 Å². The van der Waals surface area contributed by atoms with Gasteiger partial charge in [0.25, 0.3) is 5.91 Å². The van der Waals surface area contributed by atoms with Crippen LogP contribution in [0.4, 0.5) is 0 Å². The van der Waals surface area contributed by atoms with Crippen LogP contribution in [-0.4, -0.2) is 51.1 Å².